The number of aromatic nitrogens is 1. The predicted molar refractivity (Wildman–Crippen MR) is 111 cm³/mol. The second kappa shape index (κ2) is 9.47. The van der Waals surface area contributed by atoms with Gasteiger partial charge in [-0.2, -0.15) is 0 Å². The molecule has 0 aliphatic carbocycles. The standard InChI is InChI=1S/C21H19BrFN3O3/c1-26(13-19(27)25-17-9-5-3-7-15(17)22)21(28)11-10-20-24-12-18(29-20)14-6-2-4-8-16(14)23/h2-9,12H,10-11,13H2,1H3,(H,25,27). The number of oxazole rings is 1. The number of para-hydroxylation sites is 1. The van der Waals surface area contributed by atoms with E-state index in [2.05, 4.69) is 26.2 Å². The highest BCUT2D eigenvalue weighted by atomic mass is 79.9. The molecule has 0 radical (unpaired) electrons. The molecule has 8 heteroatoms. The summed E-state index contributed by atoms with van der Waals surface area (Å²) in [5, 5.41) is 2.75. The number of halogens is 2. The van der Waals surface area contributed by atoms with Gasteiger partial charge in [-0.1, -0.05) is 24.3 Å². The number of anilines is 1. The average molecular weight is 460 g/mol. The lowest BCUT2D eigenvalue weighted by Gasteiger charge is -2.16. The van der Waals surface area contributed by atoms with Gasteiger partial charge in [0, 0.05) is 24.4 Å². The topological polar surface area (TPSA) is 75.4 Å². The van der Waals surface area contributed by atoms with Crippen molar-refractivity contribution in [2.45, 2.75) is 12.8 Å². The van der Waals surface area contributed by atoms with Gasteiger partial charge in [0.1, 0.15) is 5.82 Å². The minimum atomic E-state index is -0.401. The summed E-state index contributed by atoms with van der Waals surface area (Å²) in [6.07, 6.45) is 1.81. The average Bonchev–Trinajstić information content (AvgIpc) is 3.17. The Kier molecular flexibility index (Phi) is 6.77. The van der Waals surface area contributed by atoms with Crippen LogP contribution in [0.25, 0.3) is 11.3 Å². The molecule has 3 aromatic rings. The molecule has 0 fully saturated rings. The molecule has 0 aliphatic heterocycles. The van der Waals surface area contributed by atoms with Crippen molar-refractivity contribution < 1.29 is 18.4 Å². The number of likely N-dealkylation sites (N-methyl/N-ethyl adjacent to an activating group) is 1. The van der Waals surface area contributed by atoms with Gasteiger partial charge < -0.3 is 14.6 Å². The van der Waals surface area contributed by atoms with Crippen LogP contribution in [0.15, 0.2) is 63.6 Å². The fourth-order valence-electron chi connectivity index (χ4n) is 2.67. The molecular weight excluding hydrogens is 441 g/mol. The van der Waals surface area contributed by atoms with Crippen molar-refractivity contribution >= 4 is 33.4 Å². The van der Waals surface area contributed by atoms with Gasteiger partial charge in [0.2, 0.25) is 11.8 Å². The van der Waals surface area contributed by atoms with Crippen LogP contribution >= 0.6 is 15.9 Å². The zero-order chi connectivity index (χ0) is 20.8. The van der Waals surface area contributed by atoms with E-state index in [1.54, 1.807) is 37.4 Å². The van der Waals surface area contributed by atoms with Crippen LogP contribution in [0, 0.1) is 5.82 Å². The fraction of sp³-hybridized carbons (Fsp3) is 0.190. The Labute approximate surface area is 175 Å². The van der Waals surface area contributed by atoms with Crippen LogP contribution in [0.2, 0.25) is 0 Å². The summed E-state index contributed by atoms with van der Waals surface area (Å²) in [4.78, 5) is 29.9. The van der Waals surface area contributed by atoms with E-state index in [0.29, 0.717) is 22.9 Å². The summed E-state index contributed by atoms with van der Waals surface area (Å²) in [7, 11) is 1.56. The summed E-state index contributed by atoms with van der Waals surface area (Å²) < 4.78 is 20.1. The first-order valence-corrected chi connectivity index (χ1v) is 9.71. The molecule has 0 atom stereocenters. The van der Waals surface area contributed by atoms with Gasteiger partial charge in [-0.15, -0.1) is 0 Å². The van der Waals surface area contributed by atoms with Crippen LogP contribution in [0.5, 0.6) is 0 Å². The number of carbonyl (C=O) groups excluding carboxylic acids is 2. The summed E-state index contributed by atoms with van der Waals surface area (Å²) in [5.41, 5.74) is 0.956. The number of hydrogen-bond acceptors (Lipinski definition) is 4. The van der Waals surface area contributed by atoms with E-state index in [-0.39, 0.29) is 31.2 Å². The molecule has 0 bridgehead atoms. The summed E-state index contributed by atoms with van der Waals surface area (Å²) >= 11 is 3.36. The second-order valence-electron chi connectivity index (χ2n) is 6.38. The molecule has 1 aromatic heterocycles. The fourth-order valence-corrected chi connectivity index (χ4v) is 3.06. The summed E-state index contributed by atoms with van der Waals surface area (Å²) in [6.45, 7) is -0.0772. The molecule has 2 aromatic carbocycles. The quantitative estimate of drug-likeness (QED) is 0.572. The van der Waals surface area contributed by atoms with Gasteiger partial charge in [-0.3, -0.25) is 9.59 Å². The van der Waals surface area contributed by atoms with E-state index in [4.69, 9.17) is 4.42 Å². The van der Waals surface area contributed by atoms with Crippen LogP contribution in [0.1, 0.15) is 12.3 Å². The normalized spacial score (nSPS) is 10.6. The first-order valence-electron chi connectivity index (χ1n) is 8.92. The Morgan fingerprint density at radius 1 is 1.17 bits per heavy atom. The van der Waals surface area contributed by atoms with Crippen molar-refractivity contribution in [2.75, 3.05) is 18.9 Å². The SMILES string of the molecule is CN(CC(=O)Nc1ccccc1Br)C(=O)CCc1ncc(-c2ccccc2F)o1. The van der Waals surface area contributed by atoms with Crippen molar-refractivity contribution in [1.29, 1.82) is 0 Å². The summed E-state index contributed by atoms with van der Waals surface area (Å²) in [6, 6.07) is 13.5. The molecule has 150 valence electrons. The van der Waals surface area contributed by atoms with Gasteiger partial charge in [0.05, 0.1) is 24.0 Å². The van der Waals surface area contributed by atoms with Crippen LogP contribution in [0.3, 0.4) is 0 Å². The number of aryl methyl sites for hydroxylation is 1. The number of benzene rings is 2. The number of nitrogens with one attached hydrogen (secondary N) is 1. The van der Waals surface area contributed by atoms with Gasteiger partial charge in [0.15, 0.2) is 11.7 Å². The highest BCUT2D eigenvalue weighted by Crippen LogP contribution is 2.24. The lowest BCUT2D eigenvalue weighted by molar-refractivity contribution is -0.133. The lowest BCUT2D eigenvalue weighted by Crippen LogP contribution is -2.35. The van der Waals surface area contributed by atoms with E-state index in [1.165, 1.54) is 17.2 Å². The van der Waals surface area contributed by atoms with Crippen molar-refractivity contribution in [3.05, 3.63) is 70.9 Å². The van der Waals surface area contributed by atoms with Gasteiger partial charge in [-0.25, -0.2) is 9.37 Å². The number of hydrogen-bond donors (Lipinski definition) is 1. The highest BCUT2D eigenvalue weighted by Gasteiger charge is 2.16. The predicted octanol–water partition coefficient (Wildman–Crippen LogP) is 4.27. The molecule has 6 nitrogen and oxygen atoms in total. The van der Waals surface area contributed by atoms with E-state index in [1.807, 2.05) is 12.1 Å². The molecule has 29 heavy (non-hydrogen) atoms. The third-order valence-corrected chi connectivity index (χ3v) is 4.89. The molecule has 1 N–H and O–H groups in total. The maximum absolute atomic E-state index is 13.8. The third kappa shape index (κ3) is 5.51. The zero-order valence-corrected chi connectivity index (χ0v) is 17.3. The molecule has 0 saturated heterocycles. The van der Waals surface area contributed by atoms with Crippen LogP contribution in [-0.4, -0.2) is 35.3 Å². The molecule has 0 spiro atoms. The monoisotopic (exact) mass is 459 g/mol. The zero-order valence-electron chi connectivity index (χ0n) is 15.7. The van der Waals surface area contributed by atoms with Gasteiger partial charge in [-0.05, 0) is 40.2 Å². The maximum Gasteiger partial charge on any atom is 0.244 e. The Morgan fingerprint density at radius 3 is 2.66 bits per heavy atom. The Hall–Kier alpha value is -3.00. The van der Waals surface area contributed by atoms with E-state index in [0.717, 1.165) is 4.47 Å². The summed E-state index contributed by atoms with van der Waals surface area (Å²) in [5.74, 6) is -0.278. The maximum atomic E-state index is 13.8. The minimum Gasteiger partial charge on any atom is -0.441 e. The number of nitrogens with zero attached hydrogens (tertiary/aromatic N) is 2. The highest BCUT2D eigenvalue weighted by molar-refractivity contribution is 9.10. The Morgan fingerprint density at radius 2 is 1.90 bits per heavy atom. The first-order chi connectivity index (χ1) is 13.9. The molecule has 3 rings (SSSR count). The van der Waals surface area contributed by atoms with Gasteiger partial charge >= 0.3 is 0 Å². The van der Waals surface area contributed by atoms with Crippen molar-refractivity contribution in [2.24, 2.45) is 0 Å². The minimum absolute atomic E-state index is 0.0772. The van der Waals surface area contributed by atoms with Crippen molar-refractivity contribution in [1.82, 2.24) is 9.88 Å². The number of carbonyl (C=O) groups is 2. The van der Waals surface area contributed by atoms with E-state index < -0.39 is 5.82 Å². The van der Waals surface area contributed by atoms with Crippen LogP contribution in [0.4, 0.5) is 10.1 Å². The molecule has 0 saturated carbocycles. The van der Waals surface area contributed by atoms with Crippen LogP contribution < -0.4 is 5.32 Å². The van der Waals surface area contributed by atoms with Crippen molar-refractivity contribution in [3.63, 3.8) is 0 Å². The number of rotatable bonds is 7. The Balaban J connectivity index is 1.51. The van der Waals surface area contributed by atoms with Gasteiger partial charge in [0.25, 0.3) is 0 Å². The number of amides is 2. The molecule has 0 unspecified atom stereocenters. The van der Waals surface area contributed by atoms with Crippen molar-refractivity contribution in [3.8, 4) is 11.3 Å². The smallest absolute Gasteiger partial charge is 0.244 e. The van der Waals surface area contributed by atoms with E-state index in [9.17, 15) is 14.0 Å². The largest absolute Gasteiger partial charge is 0.441 e. The Bertz CT molecular complexity index is 1020. The van der Waals surface area contributed by atoms with E-state index >= 15 is 0 Å². The second-order valence-corrected chi connectivity index (χ2v) is 7.23. The molecule has 0 aliphatic rings. The van der Waals surface area contributed by atoms with Crippen LogP contribution in [-0.2, 0) is 16.0 Å². The lowest BCUT2D eigenvalue weighted by atomic mass is 10.2. The molecular formula is C21H19BrFN3O3. The first kappa shape index (κ1) is 20.7. The third-order valence-electron chi connectivity index (χ3n) is 4.20. The molecule has 2 amide bonds. The molecule has 1 heterocycles.